The molecule has 25 heavy (non-hydrogen) atoms. The number of halogens is 2. The molecule has 0 fully saturated rings. The summed E-state index contributed by atoms with van der Waals surface area (Å²) < 4.78 is 17.1. The van der Waals surface area contributed by atoms with Crippen LogP contribution in [0.4, 0.5) is 0 Å². The number of unbranched alkanes of at least 4 members (excludes halogenated alkanes) is 6. The molecule has 0 saturated heterocycles. The Labute approximate surface area is 166 Å². The zero-order valence-electron chi connectivity index (χ0n) is 16.4. The molecule has 0 saturated carbocycles. The summed E-state index contributed by atoms with van der Waals surface area (Å²) in [6, 6.07) is 0. The fourth-order valence-corrected chi connectivity index (χ4v) is 3.15. The summed E-state index contributed by atoms with van der Waals surface area (Å²) in [6.45, 7) is 4.98. The van der Waals surface area contributed by atoms with Gasteiger partial charge in [0.1, 0.15) is 13.6 Å². The van der Waals surface area contributed by atoms with Crippen LogP contribution in [-0.2, 0) is 14.2 Å². The van der Waals surface area contributed by atoms with Crippen LogP contribution in [0.5, 0.6) is 0 Å². The summed E-state index contributed by atoms with van der Waals surface area (Å²) in [5, 5.41) is 0. The number of rotatable bonds is 20. The molecule has 0 spiro atoms. The van der Waals surface area contributed by atoms with E-state index < -0.39 is 0 Å². The molecular formula is C20H40Cl2O3. The highest BCUT2D eigenvalue weighted by Gasteiger charge is 2.08. The van der Waals surface area contributed by atoms with Gasteiger partial charge in [-0.3, -0.25) is 0 Å². The van der Waals surface area contributed by atoms with E-state index in [0.717, 1.165) is 50.3 Å². The molecule has 5 heteroatoms. The van der Waals surface area contributed by atoms with Gasteiger partial charge < -0.3 is 14.2 Å². The molecule has 0 aromatic heterocycles. The van der Waals surface area contributed by atoms with Crippen molar-refractivity contribution in [3.8, 4) is 0 Å². The van der Waals surface area contributed by atoms with Gasteiger partial charge in [0.25, 0.3) is 0 Å². The summed E-state index contributed by atoms with van der Waals surface area (Å²) in [7, 11) is 0. The van der Waals surface area contributed by atoms with Crippen LogP contribution >= 0.6 is 23.2 Å². The predicted molar refractivity (Wildman–Crippen MR) is 109 cm³/mol. The second kappa shape index (κ2) is 20.8. The lowest BCUT2D eigenvalue weighted by molar-refractivity contribution is -0.166. The largest absolute Gasteiger partial charge is 0.352 e. The fraction of sp³-hybridized carbons (Fsp3) is 1.00. The van der Waals surface area contributed by atoms with Gasteiger partial charge in [0.15, 0.2) is 0 Å². The quantitative estimate of drug-likeness (QED) is 0.127. The van der Waals surface area contributed by atoms with Crippen LogP contribution < -0.4 is 0 Å². The van der Waals surface area contributed by atoms with E-state index in [-0.39, 0.29) is 0 Å². The van der Waals surface area contributed by atoms with Gasteiger partial charge in [-0.15, -0.1) is 23.2 Å². The van der Waals surface area contributed by atoms with E-state index in [2.05, 4.69) is 13.8 Å². The fourth-order valence-electron chi connectivity index (χ4n) is 2.77. The van der Waals surface area contributed by atoms with E-state index in [1.165, 1.54) is 38.5 Å². The molecule has 0 amide bonds. The SMILES string of the molecule is CCC(CCCCCCCl)OCOCOC(CC)CCCCCCCl. The van der Waals surface area contributed by atoms with Crippen LogP contribution in [0.3, 0.4) is 0 Å². The van der Waals surface area contributed by atoms with Gasteiger partial charge in [-0.2, -0.15) is 0 Å². The highest BCUT2D eigenvalue weighted by molar-refractivity contribution is 6.18. The zero-order valence-corrected chi connectivity index (χ0v) is 18.0. The van der Waals surface area contributed by atoms with Crippen LogP contribution in [0, 0.1) is 0 Å². The zero-order chi connectivity index (χ0) is 18.6. The first kappa shape index (κ1) is 25.5. The van der Waals surface area contributed by atoms with Crippen molar-refractivity contribution >= 4 is 23.2 Å². The Morgan fingerprint density at radius 3 is 1.36 bits per heavy atom. The minimum absolute atomic E-state index is 0.292. The Morgan fingerprint density at radius 1 is 0.600 bits per heavy atom. The molecule has 0 aliphatic rings. The maximum absolute atomic E-state index is 5.80. The second-order valence-corrected chi connectivity index (χ2v) is 7.37. The van der Waals surface area contributed by atoms with Crippen LogP contribution in [0.2, 0.25) is 0 Å². The molecule has 0 heterocycles. The van der Waals surface area contributed by atoms with E-state index in [0.29, 0.717) is 25.8 Å². The molecule has 2 atom stereocenters. The highest BCUT2D eigenvalue weighted by atomic mass is 35.5. The minimum atomic E-state index is 0.292. The smallest absolute Gasteiger partial charge is 0.149 e. The lowest BCUT2D eigenvalue weighted by atomic mass is 10.1. The Bertz CT molecular complexity index is 231. The lowest BCUT2D eigenvalue weighted by Gasteiger charge is -2.18. The van der Waals surface area contributed by atoms with Gasteiger partial charge in [0, 0.05) is 11.8 Å². The van der Waals surface area contributed by atoms with E-state index >= 15 is 0 Å². The Balaban J connectivity index is 3.55. The summed E-state index contributed by atoms with van der Waals surface area (Å²) in [5.74, 6) is 1.54. The normalized spacial score (nSPS) is 13.9. The number of ether oxygens (including phenoxy) is 3. The molecule has 0 rings (SSSR count). The molecule has 3 nitrogen and oxygen atoms in total. The molecule has 152 valence electrons. The maximum Gasteiger partial charge on any atom is 0.149 e. The van der Waals surface area contributed by atoms with Crippen molar-refractivity contribution in [1.29, 1.82) is 0 Å². The summed E-state index contributed by atoms with van der Waals surface area (Å²) in [4.78, 5) is 0. The first-order valence-corrected chi connectivity index (χ1v) is 11.3. The topological polar surface area (TPSA) is 27.7 Å². The van der Waals surface area contributed by atoms with Crippen LogP contribution in [-0.4, -0.2) is 37.6 Å². The molecule has 0 radical (unpaired) electrons. The Kier molecular flexibility index (Phi) is 21.2. The Morgan fingerprint density at radius 2 is 1.00 bits per heavy atom. The van der Waals surface area contributed by atoms with Gasteiger partial charge in [-0.25, -0.2) is 0 Å². The maximum atomic E-state index is 5.80. The van der Waals surface area contributed by atoms with Crippen molar-refractivity contribution in [2.75, 3.05) is 25.3 Å². The summed E-state index contributed by atoms with van der Waals surface area (Å²) >= 11 is 11.4. The third-order valence-corrected chi connectivity index (χ3v) is 5.04. The van der Waals surface area contributed by atoms with Crippen molar-refractivity contribution in [2.24, 2.45) is 0 Å². The first-order valence-electron chi connectivity index (χ1n) is 10.2. The van der Waals surface area contributed by atoms with Gasteiger partial charge >= 0.3 is 0 Å². The molecular weight excluding hydrogens is 359 g/mol. The van der Waals surface area contributed by atoms with E-state index in [9.17, 15) is 0 Å². The van der Waals surface area contributed by atoms with E-state index in [1.54, 1.807) is 0 Å². The standard InChI is InChI=1S/C20H40Cl2O3/c1-3-19(13-9-5-7-11-15-21)24-17-23-18-25-20(4-2)14-10-6-8-12-16-22/h19-20H,3-18H2,1-2H3. The minimum Gasteiger partial charge on any atom is -0.352 e. The van der Waals surface area contributed by atoms with Crippen molar-refractivity contribution in [2.45, 2.75) is 103 Å². The van der Waals surface area contributed by atoms with E-state index in [4.69, 9.17) is 37.4 Å². The van der Waals surface area contributed by atoms with Gasteiger partial charge in [0.05, 0.1) is 12.2 Å². The average Bonchev–Trinajstić information content (AvgIpc) is 2.64. The third kappa shape index (κ3) is 17.6. The number of alkyl halides is 2. The van der Waals surface area contributed by atoms with Crippen LogP contribution in [0.25, 0.3) is 0 Å². The number of hydrogen-bond acceptors (Lipinski definition) is 3. The molecule has 0 aromatic carbocycles. The van der Waals surface area contributed by atoms with Crippen molar-refractivity contribution in [3.05, 3.63) is 0 Å². The summed E-state index contributed by atoms with van der Waals surface area (Å²) in [6.07, 6.45) is 14.4. The van der Waals surface area contributed by atoms with Crippen LogP contribution in [0.15, 0.2) is 0 Å². The van der Waals surface area contributed by atoms with Crippen molar-refractivity contribution in [3.63, 3.8) is 0 Å². The number of hydrogen-bond donors (Lipinski definition) is 0. The molecule has 0 aliphatic heterocycles. The Hall–Kier alpha value is 0.460. The molecule has 0 N–H and O–H groups in total. The predicted octanol–water partition coefficient (Wildman–Crippen LogP) is 6.89. The monoisotopic (exact) mass is 398 g/mol. The van der Waals surface area contributed by atoms with E-state index in [1.807, 2.05) is 0 Å². The van der Waals surface area contributed by atoms with Gasteiger partial charge in [-0.05, 0) is 38.5 Å². The molecule has 0 bridgehead atoms. The van der Waals surface area contributed by atoms with Crippen molar-refractivity contribution < 1.29 is 14.2 Å². The first-order chi connectivity index (χ1) is 12.3. The van der Waals surface area contributed by atoms with Crippen LogP contribution in [0.1, 0.15) is 90.9 Å². The van der Waals surface area contributed by atoms with Gasteiger partial charge in [-0.1, -0.05) is 52.4 Å². The third-order valence-electron chi connectivity index (χ3n) is 4.50. The lowest BCUT2D eigenvalue weighted by Crippen LogP contribution is -2.18. The second-order valence-electron chi connectivity index (χ2n) is 6.62. The highest BCUT2D eigenvalue weighted by Crippen LogP contribution is 2.13. The van der Waals surface area contributed by atoms with Crippen molar-refractivity contribution in [1.82, 2.24) is 0 Å². The average molecular weight is 399 g/mol. The van der Waals surface area contributed by atoms with Gasteiger partial charge in [0.2, 0.25) is 0 Å². The molecule has 2 unspecified atom stereocenters. The molecule has 0 aliphatic carbocycles. The summed E-state index contributed by atoms with van der Waals surface area (Å²) in [5.41, 5.74) is 0. The molecule has 0 aromatic rings.